The summed E-state index contributed by atoms with van der Waals surface area (Å²) in [4.78, 5) is 13.3. The van der Waals surface area contributed by atoms with Crippen molar-refractivity contribution in [3.63, 3.8) is 0 Å². The molecule has 2 N–H and O–H groups in total. The standard InChI is InChI=1S/C24H26F3N5O3S/c1-14(2)22-19(26)8-16(9-20(22)27)23(15-6-4-3-5-7-15)29-24(33)21-10-17(25)12-32(21)36(34,35)13-18-11-28-31-30-18/h3-9,11,14,17,21,23H,10,12-13H2,1-2H3,(H,29,33)(H,28,30,31). The lowest BCUT2D eigenvalue weighted by Crippen LogP contribution is -2.47. The number of nitrogens with zero attached hydrogens (tertiary/aromatic N) is 3. The van der Waals surface area contributed by atoms with Gasteiger partial charge < -0.3 is 5.32 Å². The minimum Gasteiger partial charge on any atom is -0.344 e. The molecule has 4 rings (SSSR count). The number of alkyl halides is 1. The van der Waals surface area contributed by atoms with Crippen molar-refractivity contribution in [1.29, 1.82) is 0 Å². The maximum absolute atomic E-state index is 14.8. The third kappa shape index (κ3) is 5.44. The highest BCUT2D eigenvalue weighted by Crippen LogP contribution is 2.31. The fourth-order valence-electron chi connectivity index (χ4n) is 4.43. The van der Waals surface area contributed by atoms with E-state index < -0.39 is 64.0 Å². The fourth-order valence-corrected chi connectivity index (χ4v) is 6.07. The fraction of sp³-hybridized carbons (Fsp3) is 0.375. The largest absolute Gasteiger partial charge is 0.344 e. The van der Waals surface area contributed by atoms with E-state index in [1.54, 1.807) is 44.2 Å². The van der Waals surface area contributed by atoms with E-state index >= 15 is 0 Å². The summed E-state index contributed by atoms with van der Waals surface area (Å²) in [6.07, 6.45) is -0.672. The third-order valence-electron chi connectivity index (χ3n) is 6.09. The van der Waals surface area contributed by atoms with E-state index in [0.29, 0.717) is 5.56 Å². The first-order valence-electron chi connectivity index (χ1n) is 11.4. The predicted octanol–water partition coefficient (Wildman–Crippen LogP) is 3.35. The molecule has 3 unspecified atom stereocenters. The molecule has 2 heterocycles. The Labute approximate surface area is 207 Å². The maximum Gasteiger partial charge on any atom is 0.239 e. The number of sulfonamides is 1. The summed E-state index contributed by atoms with van der Waals surface area (Å²) in [6.45, 7) is 2.85. The number of rotatable bonds is 8. The summed E-state index contributed by atoms with van der Waals surface area (Å²) in [7, 11) is -4.11. The van der Waals surface area contributed by atoms with Gasteiger partial charge in [0.1, 0.15) is 29.6 Å². The molecule has 12 heteroatoms. The molecule has 1 aliphatic heterocycles. The minimum absolute atomic E-state index is 0.0712. The molecule has 1 fully saturated rings. The Balaban J connectivity index is 1.65. The molecule has 36 heavy (non-hydrogen) atoms. The quantitative estimate of drug-likeness (QED) is 0.473. The number of carbonyl (C=O) groups is 1. The molecule has 2 aromatic carbocycles. The molecule has 1 saturated heterocycles. The highest BCUT2D eigenvalue weighted by molar-refractivity contribution is 7.88. The highest BCUT2D eigenvalue weighted by atomic mass is 32.2. The SMILES string of the molecule is CC(C)c1c(F)cc(C(NC(=O)C2CC(F)CN2S(=O)(=O)Cc2cn[nH]n2)c2ccccc2)cc1F. The molecule has 1 aliphatic rings. The van der Waals surface area contributed by atoms with E-state index in [4.69, 9.17) is 0 Å². The Morgan fingerprint density at radius 2 is 1.83 bits per heavy atom. The molecule has 1 amide bonds. The first-order valence-corrected chi connectivity index (χ1v) is 13.0. The molecule has 8 nitrogen and oxygen atoms in total. The number of nitrogens with one attached hydrogen (secondary N) is 2. The van der Waals surface area contributed by atoms with Crippen LogP contribution in [-0.4, -0.2) is 52.8 Å². The predicted molar refractivity (Wildman–Crippen MR) is 126 cm³/mol. The van der Waals surface area contributed by atoms with Crippen LogP contribution in [0.5, 0.6) is 0 Å². The van der Waals surface area contributed by atoms with E-state index in [0.717, 1.165) is 16.4 Å². The van der Waals surface area contributed by atoms with Gasteiger partial charge in [0, 0.05) is 18.5 Å². The molecule has 192 valence electrons. The molecule has 0 aliphatic carbocycles. The molecular formula is C24H26F3N5O3S. The smallest absolute Gasteiger partial charge is 0.239 e. The van der Waals surface area contributed by atoms with Crippen molar-refractivity contribution in [2.24, 2.45) is 0 Å². The van der Waals surface area contributed by atoms with Crippen LogP contribution >= 0.6 is 0 Å². The van der Waals surface area contributed by atoms with Crippen molar-refractivity contribution in [1.82, 2.24) is 25.0 Å². The zero-order chi connectivity index (χ0) is 26.0. The summed E-state index contributed by atoms with van der Waals surface area (Å²) in [5.74, 6) is -3.24. The molecule has 0 bridgehead atoms. The Hall–Kier alpha value is -3.25. The molecule has 0 saturated carbocycles. The van der Waals surface area contributed by atoms with Gasteiger partial charge in [-0.15, -0.1) is 0 Å². The van der Waals surface area contributed by atoms with Crippen LogP contribution in [0.2, 0.25) is 0 Å². The topological polar surface area (TPSA) is 108 Å². The van der Waals surface area contributed by atoms with Crippen LogP contribution in [0.3, 0.4) is 0 Å². The Morgan fingerprint density at radius 1 is 1.17 bits per heavy atom. The lowest BCUT2D eigenvalue weighted by molar-refractivity contribution is -0.124. The first-order chi connectivity index (χ1) is 17.1. The molecular weight excluding hydrogens is 495 g/mol. The molecule has 0 spiro atoms. The third-order valence-corrected chi connectivity index (χ3v) is 7.87. The number of halogens is 3. The summed E-state index contributed by atoms with van der Waals surface area (Å²) in [5.41, 5.74) is 0.711. The van der Waals surface area contributed by atoms with Gasteiger partial charge in [-0.1, -0.05) is 44.2 Å². The molecule has 1 aromatic heterocycles. The second-order valence-corrected chi connectivity index (χ2v) is 11.0. The van der Waals surface area contributed by atoms with Crippen LogP contribution in [0.4, 0.5) is 13.2 Å². The van der Waals surface area contributed by atoms with Crippen molar-refractivity contribution < 1.29 is 26.4 Å². The van der Waals surface area contributed by atoms with Gasteiger partial charge in [0.25, 0.3) is 0 Å². The Morgan fingerprint density at radius 3 is 2.42 bits per heavy atom. The van der Waals surface area contributed by atoms with E-state index in [9.17, 15) is 26.4 Å². The van der Waals surface area contributed by atoms with Crippen molar-refractivity contribution in [3.8, 4) is 0 Å². The van der Waals surface area contributed by atoms with Crippen LogP contribution < -0.4 is 5.32 Å². The monoisotopic (exact) mass is 521 g/mol. The van der Waals surface area contributed by atoms with E-state index in [-0.39, 0.29) is 23.2 Å². The molecule has 3 atom stereocenters. The molecule has 0 radical (unpaired) electrons. The van der Waals surface area contributed by atoms with E-state index in [2.05, 4.69) is 20.7 Å². The summed E-state index contributed by atoms with van der Waals surface area (Å²) in [6, 6.07) is 8.46. The van der Waals surface area contributed by atoms with Crippen molar-refractivity contribution in [2.75, 3.05) is 6.54 Å². The number of amides is 1. The van der Waals surface area contributed by atoms with Crippen LogP contribution in [0.25, 0.3) is 0 Å². The van der Waals surface area contributed by atoms with Crippen LogP contribution in [0.15, 0.2) is 48.7 Å². The highest BCUT2D eigenvalue weighted by Gasteiger charge is 2.44. The average molecular weight is 522 g/mol. The average Bonchev–Trinajstić information content (AvgIpc) is 3.46. The number of aromatic nitrogens is 3. The van der Waals surface area contributed by atoms with E-state index in [1.807, 2.05) is 0 Å². The number of hydrogen-bond donors (Lipinski definition) is 2. The van der Waals surface area contributed by atoms with Crippen molar-refractivity contribution in [3.05, 3.63) is 82.7 Å². The minimum atomic E-state index is -4.11. The van der Waals surface area contributed by atoms with Gasteiger partial charge in [0.2, 0.25) is 15.9 Å². The van der Waals surface area contributed by atoms with Crippen molar-refractivity contribution >= 4 is 15.9 Å². The summed E-state index contributed by atoms with van der Waals surface area (Å²) >= 11 is 0. The Bertz CT molecular complexity index is 1300. The van der Waals surface area contributed by atoms with Gasteiger partial charge in [-0.2, -0.15) is 19.7 Å². The summed E-state index contributed by atoms with van der Waals surface area (Å²) in [5, 5.41) is 12.3. The number of benzene rings is 2. The van der Waals surface area contributed by atoms with Gasteiger partial charge in [-0.3, -0.25) is 4.79 Å². The summed E-state index contributed by atoms with van der Waals surface area (Å²) < 4.78 is 70.8. The number of hydrogen-bond acceptors (Lipinski definition) is 5. The van der Waals surface area contributed by atoms with Crippen molar-refractivity contribution in [2.45, 2.75) is 50.2 Å². The van der Waals surface area contributed by atoms with E-state index in [1.165, 1.54) is 6.20 Å². The molecule has 3 aromatic rings. The zero-order valence-corrected chi connectivity index (χ0v) is 20.5. The van der Waals surface area contributed by atoms with Crippen LogP contribution in [0.1, 0.15) is 54.6 Å². The number of aromatic amines is 1. The van der Waals surface area contributed by atoms with Gasteiger partial charge in [-0.25, -0.2) is 21.6 Å². The number of carbonyl (C=O) groups excluding carboxylic acids is 1. The number of H-pyrrole nitrogens is 1. The maximum atomic E-state index is 14.8. The van der Waals surface area contributed by atoms with Crippen LogP contribution in [0, 0.1) is 11.6 Å². The lowest BCUT2D eigenvalue weighted by Gasteiger charge is -2.26. The second-order valence-electron chi connectivity index (χ2n) is 9.04. The van der Waals surface area contributed by atoms with Gasteiger partial charge >= 0.3 is 0 Å². The Kier molecular flexibility index (Phi) is 7.46. The van der Waals surface area contributed by atoms with Gasteiger partial charge in [-0.05, 0) is 29.2 Å². The second kappa shape index (κ2) is 10.4. The van der Waals surface area contributed by atoms with Crippen LogP contribution in [-0.2, 0) is 20.6 Å². The van der Waals surface area contributed by atoms with Gasteiger partial charge in [0.05, 0.1) is 17.9 Å². The first kappa shape index (κ1) is 25.8. The normalized spacial score (nSPS) is 19.5. The lowest BCUT2D eigenvalue weighted by atomic mass is 9.94. The van der Waals surface area contributed by atoms with Gasteiger partial charge in [0.15, 0.2) is 0 Å². The zero-order valence-electron chi connectivity index (χ0n) is 19.7.